The molecule has 1 rings (SSSR count). The van der Waals surface area contributed by atoms with E-state index in [0.717, 1.165) is 0 Å². The number of ether oxygens (including phenoxy) is 1. The molecule has 9 heteroatoms. The largest absolute Gasteiger partial charge is 0.462 e. The van der Waals surface area contributed by atoms with Gasteiger partial charge in [0.1, 0.15) is 11.4 Å². The molecule has 1 atom stereocenters. The second-order valence-electron chi connectivity index (χ2n) is 3.65. The van der Waals surface area contributed by atoms with Crippen molar-refractivity contribution in [1.82, 2.24) is 10.2 Å². The number of amides is 2. The highest BCUT2D eigenvalue weighted by molar-refractivity contribution is 6.02. The molecule has 0 aliphatic heterocycles. The van der Waals surface area contributed by atoms with Crippen LogP contribution in [0, 0.1) is 0 Å². The molecule has 0 fully saturated rings. The third-order valence-corrected chi connectivity index (χ3v) is 2.14. The molecule has 0 spiro atoms. The van der Waals surface area contributed by atoms with Gasteiger partial charge in [-0.25, -0.2) is 4.79 Å². The lowest BCUT2D eigenvalue weighted by Crippen LogP contribution is -2.39. The summed E-state index contributed by atoms with van der Waals surface area (Å²) in [5, 5.41) is 8.40. The van der Waals surface area contributed by atoms with Gasteiger partial charge in [-0.15, -0.1) is 0 Å². The first-order valence-corrected chi connectivity index (χ1v) is 5.51. The van der Waals surface area contributed by atoms with Crippen LogP contribution in [0.3, 0.4) is 0 Å². The predicted octanol–water partition coefficient (Wildman–Crippen LogP) is -1.27. The number of H-pyrrole nitrogens is 1. The molecule has 0 aliphatic rings. The molecule has 0 saturated carbocycles. The van der Waals surface area contributed by atoms with Gasteiger partial charge in [-0.05, 0) is 6.92 Å². The van der Waals surface area contributed by atoms with Gasteiger partial charge in [-0.2, -0.15) is 5.10 Å². The molecule has 0 saturated heterocycles. The number of nitrogens with zero attached hydrogens (tertiary/aromatic N) is 1. The summed E-state index contributed by atoms with van der Waals surface area (Å²) >= 11 is 0. The molecule has 0 radical (unpaired) electrons. The molecule has 2 amide bonds. The molecule has 1 aromatic heterocycles. The van der Waals surface area contributed by atoms with Crippen LogP contribution in [0.1, 0.15) is 23.7 Å². The van der Waals surface area contributed by atoms with Crippen molar-refractivity contribution < 1.29 is 19.1 Å². The SMILES string of the molecule is CCOC(=O)c1cn[nH]c1NC(=O)[C@@H](N)CC(N)=O. The van der Waals surface area contributed by atoms with E-state index in [1.165, 1.54) is 6.20 Å². The molecular weight excluding hydrogens is 254 g/mol. The van der Waals surface area contributed by atoms with E-state index in [4.69, 9.17) is 16.2 Å². The number of nitrogens with two attached hydrogens (primary N) is 2. The monoisotopic (exact) mass is 269 g/mol. The molecule has 9 nitrogen and oxygen atoms in total. The second kappa shape index (κ2) is 6.50. The Bertz CT molecular complexity index is 484. The third kappa shape index (κ3) is 4.07. The average Bonchev–Trinajstić information content (AvgIpc) is 2.76. The Kier molecular flexibility index (Phi) is 5.01. The molecule has 19 heavy (non-hydrogen) atoms. The van der Waals surface area contributed by atoms with Crippen LogP contribution in [0.2, 0.25) is 0 Å². The van der Waals surface area contributed by atoms with Crippen molar-refractivity contribution in [2.45, 2.75) is 19.4 Å². The van der Waals surface area contributed by atoms with E-state index < -0.39 is 23.8 Å². The Morgan fingerprint density at radius 2 is 2.21 bits per heavy atom. The summed E-state index contributed by atoms with van der Waals surface area (Å²) in [6.07, 6.45) is 0.919. The Balaban J connectivity index is 2.72. The molecule has 0 bridgehead atoms. The summed E-state index contributed by atoms with van der Waals surface area (Å²) < 4.78 is 4.78. The number of nitrogens with one attached hydrogen (secondary N) is 2. The van der Waals surface area contributed by atoms with E-state index >= 15 is 0 Å². The minimum atomic E-state index is -1.10. The summed E-state index contributed by atoms with van der Waals surface area (Å²) in [4.78, 5) is 33.8. The van der Waals surface area contributed by atoms with Crippen LogP contribution >= 0.6 is 0 Å². The van der Waals surface area contributed by atoms with Crippen molar-refractivity contribution in [3.05, 3.63) is 11.8 Å². The Hall–Kier alpha value is -2.42. The first-order chi connectivity index (χ1) is 8.95. The van der Waals surface area contributed by atoms with Crippen LogP contribution < -0.4 is 16.8 Å². The van der Waals surface area contributed by atoms with Gasteiger partial charge >= 0.3 is 5.97 Å². The van der Waals surface area contributed by atoms with Crippen LogP contribution in [0.4, 0.5) is 5.82 Å². The van der Waals surface area contributed by atoms with Gasteiger partial charge in [0.25, 0.3) is 0 Å². The minimum absolute atomic E-state index is 0.0587. The van der Waals surface area contributed by atoms with E-state index in [1.807, 2.05) is 0 Å². The summed E-state index contributed by atoms with van der Waals surface area (Å²) in [6, 6.07) is -1.10. The van der Waals surface area contributed by atoms with Gasteiger partial charge in [-0.1, -0.05) is 0 Å². The smallest absolute Gasteiger partial charge is 0.343 e. The minimum Gasteiger partial charge on any atom is -0.462 e. The van der Waals surface area contributed by atoms with Crippen molar-refractivity contribution in [1.29, 1.82) is 0 Å². The summed E-state index contributed by atoms with van der Waals surface area (Å²) in [6.45, 7) is 1.84. The Morgan fingerprint density at radius 1 is 1.53 bits per heavy atom. The molecule has 6 N–H and O–H groups in total. The highest BCUT2D eigenvalue weighted by Gasteiger charge is 2.21. The number of carbonyl (C=O) groups is 3. The number of anilines is 1. The molecule has 1 heterocycles. The van der Waals surface area contributed by atoms with E-state index in [-0.39, 0.29) is 24.4 Å². The van der Waals surface area contributed by atoms with Crippen molar-refractivity contribution >= 4 is 23.6 Å². The number of hydrogen-bond donors (Lipinski definition) is 4. The maximum atomic E-state index is 11.6. The molecule has 0 unspecified atom stereocenters. The van der Waals surface area contributed by atoms with Crippen molar-refractivity contribution in [2.24, 2.45) is 11.5 Å². The quantitative estimate of drug-likeness (QED) is 0.472. The van der Waals surface area contributed by atoms with Crippen molar-refractivity contribution in [3.8, 4) is 0 Å². The summed E-state index contributed by atoms with van der Waals surface area (Å²) in [5.41, 5.74) is 10.5. The van der Waals surface area contributed by atoms with Gasteiger partial charge in [-0.3, -0.25) is 14.7 Å². The van der Waals surface area contributed by atoms with Crippen molar-refractivity contribution in [3.63, 3.8) is 0 Å². The lowest BCUT2D eigenvalue weighted by atomic mass is 10.2. The van der Waals surface area contributed by atoms with E-state index in [2.05, 4.69) is 15.5 Å². The normalized spacial score (nSPS) is 11.7. The molecular formula is C10H15N5O4. The van der Waals surface area contributed by atoms with Gasteiger partial charge in [0.2, 0.25) is 11.8 Å². The number of esters is 1. The zero-order chi connectivity index (χ0) is 14.4. The highest BCUT2D eigenvalue weighted by Crippen LogP contribution is 2.12. The second-order valence-corrected chi connectivity index (χ2v) is 3.65. The van der Waals surface area contributed by atoms with Gasteiger partial charge in [0.05, 0.1) is 25.3 Å². The number of aromatic amines is 1. The van der Waals surface area contributed by atoms with Gasteiger partial charge < -0.3 is 21.5 Å². The van der Waals surface area contributed by atoms with E-state index in [0.29, 0.717) is 0 Å². The number of hydrogen-bond acceptors (Lipinski definition) is 6. The van der Waals surface area contributed by atoms with Crippen LogP contribution in [-0.4, -0.2) is 40.6 Å². The number of primary amides is 1. The molecule has 1 aromatic rings. The van der Waals surface area contributed by atoms with Gasteiger partial charge in [0, 0.05) is 0 Å². The Morgan fingerprint density at radius 3 is 2.79 bits per heavy atom. The number of aromatic nitrogens is 2. The maximum absolute atomic E-state index is 11.6. The third-order valence-electron chi connectivity index (χ3n) is 2.14. The van der Waals surface area contributed by atoms with Crippen LogP contribution in [-0.2, 0) is 14.3 Å². The zero-order valence-electron chi connectivity index (χ0n) is 10.3. The molecule has 0 aromatic carbocycles. The van der Waals surface area contributed by atoms with Crippen LogP contribution in [0.5, 0.6) is 0 Å². The van der Waals surface area contributed by atoms with Crippen molar-refractivity contribution in [2.75, 3.05) is 11.9 Å². The number of rotatable bonds is 6. The fourth-order valence-corrected chi connectivity index (χ4v) is 1.27. The van der Waals surface area contributed by atoms with Crippen LogP contribution in [0.15, 0.2) is 6.20 Å². The maximum Gasteiger partial charge on any atom is 0.343 e. The molecule has 104 valence electrons. The fourth-order valence-electron chi connectivity index (χ4n) is 1.27. The fraction of sp³-hybridized carbons (Fsp3) is 0.400. The average molecular weight is 269 g/mol. The topological polar surface area (TPSA) is 153 Å². The predicted molar refractivity (Wildman–Crippen MR) is 65.0 cm³/mol. The first kappa shape index (κ1) is 14.6. The summed E-state index contributed by atoms with van der Waals surface area (Å²) in [7, 11) is 0. The van der Waals surface area contributed by atoms with E-state index in [9.17, 15) is 14.4 Å². The van der Waals surface area contributed by atoms with Crippen LogP contribution in [0.25, 0.3) is 0 Å². The van der Waals surface area contributed by atoms with E-state index in [1.54, 1.807) is 6.92 Å². The van der Waals surface area contributed by atoms with Gasteiger partial charge in [0.15, 0.2) is 0 Å². The lowest BCUT2D eigenvalue weighted by molar-refractivity contribution is -0.123. The molecule has 0 aliphatic carbocycles. The summed E-state index contributed by atoms with van der Waals surface area (Å²) in [5.74, 6) is -1.93. The lowest BCUT2D eigenvalue weighted by Gasteiger charge is -2.10. The number of carbonyl (C=O) groups excluding carboxylic acids is 3. The highest BCUT2D eigenvalue weighted by atomic mass is 16.5. The zero-order valence-corrected chi connectivity index (χ0v) is 10.3. The Labute approximate surface area is 108 Å². The standard InChI is InChI=1S/C10H15N5O4/c1-2-19-10(18)5-4-13-15-8(5)14-9(17)6(11)3-7(12)16/h4,6H,2-3,11H2,1H3,(H2,12,16)(H2,13,14,15,17)/t6-/m0/s1. The first-order valence-electron chi connectivity index (χ1n) is 5.51.